The third-order valence-electron chi connectivity index (χ3n) is 2.50. The average molecular weight is 273 g/mol. The minimum atomic E-state index is -0.744. The number of halogens is 1. The number of nitrogens with zero attached hydrogens (tertiary/aromatic N) is 2. The Morgan fingerprint density at radius 1 is 1.50 bits per heavy atom. The lowest BCUT2D eigenvalue weighted by molar-refractivity contribution is 0.0350. The van der Waals surface area contributed by atoms with E-state index in [1.165, 1.54) is 0 Å². The van der Waals surface area contributed by atoms with Crippen molar-refractivity contribution in [1.29, 1.82) is 0 Å². The zero-order chi connectivity index (χ0) is 13.8. The number of hydrogen-bond donors (Lipinski definition) is 3. The molecule has 0 radical (unpaired) electrons. The molecule has 0 aliphatic carbocycles. The van der Waals surface area contributed by atoms with Gasteiger partial charge < -0.3 is 10.5 Å². The van der Waals surface area contributed by atoms with Crippen LogP contribution < -0.4 is 11.3 Å². The summed E-state index contributed by atoms with van der Waals surface area (Å²) in [7, 11) is 0. The fraction of sp³-hybridized carbons (Fsp3) is 0.583. The standard InChI is InChI=1S/C12H21ClN4O/c1-4-17(8-12(2,3)18)7-10-9(13)5-6-11(15-10)16-14/h5-6,18H,4,7-8,14H2,1-3H3,(H,15,16). The number of likely N-dealkylation sites (N-methyl/N-ethyl adjacent to an activating group) is 1. The van der Waals surface area contributed by atoms with Crippen molar-refractivity contribution in [2.45, 2.75) is 32.9 Å². The van der Waals surface area contributed by atoms with Gasteiger partial charge >= 0.3 is 0 Å². The van der Waals surface area contributed by atoms with Gasteiger partial charge in [-0.2, -0.15) is 0 Å². The molecule has 4 N–H and O–H groups in total. The molecule has 0 saturated heterocycles. The van der Waals surface area contributed by atoms with Crippen LogP contribution in [0.2, 0.25) is 5.02 Å². The zero-order valence-electron chi connectivity index (χ0n) is 11.1. The van der Waals surface area contributed by atoms with E-state index in [1.54, 1.807) is 26.0 Å². The van der Waals surface area contributed by atoms with Crippen molar-refractivity contribution in [2.75, 3.05) is 18.5 Å². The number of aromatic nitrogens is 1. The van der Waals surface area contributed by atoms with Gasteiger partial charge in [0.05, 0.1) is 16.3 Å². The molecule has 1 heterocycles. The first-order valence-electron chi connectivity index (χ1n) is 5.92. The highest BCUT2D eigenvalue weighted by molar-refractivity contribution is 6.31. The van der Waals surface area contributed by atoms with E-state index in [2.05, 4.69) is 15.3 Å². The molecule has 0 bridgehead atoms. The van der Waals surface area contributed by atoms with Gasteiger partial charge in [0.2, 0.25) is 0 Å². The predicted octanol–water partition coefficient (Wildman–Crippen LogP) is 1.61. The summed E-state index contributed by atoms with van der Waals surface area (Å²) in [4.78, 5) is 6.40. The summed E-state index contributed by atoms with van der Waals surface area (Å²) < 4.78 is 0. The SMILES string of the molecule is CCN(Cc1nc(NN)ccc1Cl)CC(C)(C)O. The van der Waals surface area contributed by atoms with E-state index in [4.69, 9.17) is 17.4 Å². The van der Waals surface area contributed by atoms with E-state index in [1.807, 2.05) is 6.92 Å². The second-order valence-corrected chi connectivity index (χ2v) is 5.29. The van der Waals surface area contributed by atoms with Gasteiger partial charge in [0.1, 0.15) is 5.82 Å². The predicted molar refractivity (Wildman–Crippen MR) is 74.3 cm³/mol. The highest BCUT2D eigenvalue weighted by Crippen LogP contribution is 2.19. The topological polar surface area (TPSA) is 74.4 Å². The molecule has 0 spiro atoms. The number of nitrogen functional groups attached to an aromatic ring is 1. The van der Waals surface area contributed by atoms with Crippen LogP contribution in [0.15, 0.2) is 12.1 Å². The van der Waals surface area contributed by atoms with Crippen molar-refractivity contribution in [3.63, 3.8) is 0 Å². The summed E-state index contributed by atoms with van der Waals surface area (Å²) in [5.41, 5.74) is 2.50. The van der Waals surface area contributed by atoms with Crippen LogP contribution in [0.25, 0.3) is 0 Å². The van der Waals surface area contributed by atoms with E-state index >= 15 is 0 Å². The van der Waals surface area contributed by atoms with Gasteiger partial charge in [-0.3, -0.25) is 4.90 Å². The van der Waals surface area contributed by atoms with Crippen LogP contribution in [0, 0.1) is 0 Å². The van der Waals surface area contributed by atoms with Crippen molar-refractivity contribution in [3.05, 3.63) is 22.8 Å². The molecule has 0 unspecified atom stereocenters. The number of pyridine rings is 1. The summed E-state index contributed by atoms with van der Waals surface area (Å²) in [5, 5.41) is 10.4. The number of hydrazine groups is 1. The molecule has 0 aliphatic heterocycles. The quantitative estimate of drug-likeness (QED) is 0.542. The number of rotatable bonds is 6. The second-order valence-electron chi connectivity index (χ2n) is 4.89. The van der Waals surface area contributed by atoms with E-state index in [0.29, 0.717) is 23.9 Å². The number of hydrogen-bond acceptors (Lipinski definition) is 5. The van der Waals surface area contributed by atoms with Crippen LogP contribution in [-0.2, 0) is 6.54 Å². The normalized spacial score (nSPS) is 11.9. The first kappa shape index (κ1) is 15.2. The maximum absolute atomic E-state index is 9.84. The highest BCUT2D eigenvalue weighted by Gasteiger charge is 2.18. The molecule has 0 aromatic carbocycles. The highest BCUT2D eigenvalue weighted by atomic mass is 35.5. The summed E-state index contributed by atoms with van der Waals surface area (Å²) in [5.74, 6) is 5.90. The molecule has 102 valence electrons. The third-order valence-corrected chi connectivity index (χ3v) is 2.84. The van der Waals surface area contributed by atoms with Gasteiger partial charge in [0.15, 0.2) is 0 Å². The largest absolute Gasteiger partial charge is 0.389 e. The fourth-order valence-corrected chi connectivity index (χ4v) is 1.88. The number of anilines is 1. The van der Waals surface area contributed by atoms with Crippen LogP contribution in [0.5, 0.6) is 0 Å². The summed E-state index contributed by atoms with van der Waals surface area (Å²) >= 11 is 6.11. The molecule has 6 heteroatoms. The Morgan fingerprint density at radius 3 is 2.67 bits per heavy atom. The molecule has 0 saturated carbocycles. The first-order valence-corrected chi connectivity index (χ1v) is 6.30. The second kappa shape index (κ2) is 6.33. The maximum Gasteiger partial charge on any atom is 0.140 e. The molecule has 1 aromatic heterocycles. The van der Waals surface area contributed by atoms with Crippen molar-refractivity contribution in [2.24, 2.45) is 5.84 Å². The Morgan fingerprint density at radius 2 is 2.17 bits per heavy atom. The number of nitrogens with one attached hydrogen (secondary N) is 1. The molecule has 5 nitrogen and oxygen atoms in total. The minimum absolute atomic E-state index is 0.557. The molecule has 0 fully saturated rings. The molecular weight excluding hydrogens is 252 g/mol. The third kappa shape index (κ3) is 4.78. The van der Waals surface area contributed by atoms with Gasteiger partial charge in [-0.15, -0.1) is 0 Å². The van der Waals surface area contributed by atoms with Crippen LogP contribution in [0.1, 0.15) is 26.5 Å². The van der Waals surface area contributed by atoms with Gasteiger partial charge in [0, 0.05) is 13.1 Å². The summed E-state index contributed by atoms with van der Waals surface area (Å²) in [6, 6.07) is 3.48. The van der Waals surface area contributed by atoms with Crippen LogP contribution in [0.4, 0.5) is 5.82 Å². The van der Waals surface area contributed by atoms with Gasteiger partial charge in [0.25, 0.3) is 0 Å². The van der Waals surface area contributed by atoms with Gasteiger partial charge in [-0.25, -0.2) is 10.8 Å². The number of aliphatic hydroxyl groups is 1. The molecule has 1 aromatic rings. The monoisotopic (exact) mass is 272 g/mol. The summed E-state index contributed by atoms with van der Waals surface area (Å²) in [6.07, 6.45) is 0. The Balaban J connectivity index is 2.81. The van der Waals surface area contributed by atoms with Crippen molar-refractivity contribution < 1.29 is 5.11 Å². The molecule has 0 aliphatic rings. The maximum atomic E-state index is 9.84. The van der Waals surface area contributed by atoms with E-state index < -0.39 is 5.60 Å². The van der Waals surface area contributed by atoms with Gasteiger partial charge in [-0.05, 0) is 32.5 Å². The molecule has 0 amide bonds. The van der Waals surface area contributed by atoms with E-state index in [-0.39, 0.29) is 0 Å². The molecule has 0 atom stereocenters. The minimum Gasteiger partial charge on any atom is -0.389 e. The lowest BCUT2D eigenvalue weighted by atomic mass is 10.1. The summed E-state index contributed by atoms with van der Waals surface area (Å²) in [6.45, 7) is 7.54. The van der Waals surface area contributed by atoms with Gasteiger partial charge in [-0.1, -0.05) is 18.5 Å². The van der Waals surface area contributed by atoms with Crippen molar-refractivity contribution >= 4 is 17.4 Å². The Hall–Kier alpha value is -0.880. The molecule has 1 rings (SSSR count). The Bertz CT molecular complexity index is 392. The van der Waals surface area contributed by atoms with Crippen molar-refractivity contribution in [1.82, 2.24) is 9.88 Å². The Labute approximate surface area is 113 Å². The van der Waals surface area contributed by atoms with Crippen LogP contribution in [0.3, 0.4) is 0 Å². The Kier molecular flexibility index (Phi) is 5.34. The average Bonchev–Trinajstić information content (AvgIpc) is 2.29. The lowest BCUT2D eigenvalue weighted by Gasteiger charge is -2.27. The molecule has 18 heavy (non-hydrogen) atoms. The first-order chi connectivity index (χ1) is 8.35. The van der Waals surface area contributed by atoms with Crippen molar-refractivity contribution in [3.8, 4) is 0 Å². The van der Waals surface area contributed by atoms with Crippen LogP contribution >= 0.6 is 11.6 Å². The van der Waals surface area contributed by atoms with E-state index in [0.717, 1.165) is 12.2 Å². The smallest absolute Gasteiger partial charge is 0.140 e. The number of nitrogens with two attached hydrogens (primary N) is 1. The fourth-order valence-electron chi connectivity index (χ4n) is 1.71. The molecular formula is C12H21ClN4O. The lowest BCUT2D eigenvalue weighted by Crippen LogP contribution is -2.38. The van der Waals surface area contributed by atoms with Crippen LogP contribution in [-0.4, -0.2) is 33.7 Å². The zero-order valence-corrected chi connectivity index (χ0v) is 11.8. The van der Waals surface area contributed by atoms with E-state index in [9.17, 15) is 5.11 Å².